The summed E-state index contributed by atoms with van der Waals surface area (Å²) in [5.74, 6) is 1.05. The fourth-order valence-corrected chi connectivity index (χ4v) is 1.72. The van der Waals surface area contributed by atoms with Crippen molar-refractivity contribution in [1.29, 1.82) is 5.26 Å². The second-order valence-electron chi connectivity index (χ2n) is 5.14. The third-order valence-electron chi connectivity index (χ3n) is 2.84. The van der Waals surface area contributed by atoms with Gasteiger partial charge in [0.1, 0.15) is 5.82 Å². The lowest BCUT2D eigenvalue weighted by molar-refractivity contribution is 0.318. The highest BCUT2D eigenvalue weighted by atomic mass is 14.9. The number of aryl methyl sites for hydroxylation is 1. The van der Waals surface area contributed by atoms with Gasteiger partial charge in [-0.05, 0) is 24.8 Å². The van der Waals surface area contributed by atoms with E-state index in [9.17, 15) is 0 Å². The van der Waals surface area contributed by atoms with E-state index < -0.39 is 0 Å². The van der Waals surface area contributed by atoms with E-state index in [1.165, 1.54) is 0 Å². The Kier molecular flexibility index (Phi) is 5.71. The molecule has 2 N–H and O–H groups in total. The zero-order chi connectivity index (χ0) is 12.6. The topological polar surface area (TPSA) is 64.5 Å². The Morgan fingerprint density at radius 3 is 3.00 bits per heavy atom. The Labute approximate surface area is 103 Å². The number of nitrogens with zero attached hydrogens (tertiary/aromatic N) is 2. The first kappa shape index (κ1) is 13.7. The summed E-state index contributed by atoms with van der Waals surface area (Å²) in [4.78, 5) is 7.28. The van der Waals surface area contributed by atoms with Crippen LogP contribution in [0.5, 0.6) is 0 Å². The second kappa shape index (κ2) is 7.08. The molecular formula is C13H22N4. The Hall–Kier alpha value is -1.34. The van der Waals surface area contributed by atoms with Crippen LogP contribution in [0, 0.1) is 16.7 Å². The number of H-pyrrole nitrogens is 1. The molecule has 0 aliphatic carbocycles. The summed E-state index contributed by atoms with van der Waals surface area (Å²) in [6.45, 7) is 6.36. The number of hydrogen-bond acceptors (Lipinski definition) is 3. The van der Waals surface area contributed by atoms with Crippen molar-refractivity contribution >= 4 is 0 Å². The minimum Gasteiger partial charge on any atom is -0.349 e. The standard InChI is InChI=1S/C13H22N4/c1-13(2,6-4-7-14)11-15-8-3-5-12-16-9-10-17-12/h9-10,15H,3-6,8,11H2,1-2H3,(H,16,17). The van der Waals surface area contributed by atoms with Crippen molar-refractivity contribution in [2.24, 2.45) is 5.41 Å². The van der Waals surface area contributed by atoms with Crippen molar-refractivity contribution in [3.8, 4) is 6.07 Å². The van der Waals surface area contributed by atoms with Crippen LogP contribution >= 0.6 is 0 Å². The Balaban J connectivity index is 2.05. The van der Waals surface area contributed by atoms with Crippen LogP contribution in [-0.2, 0) is 6.42 Å². The summed E-state index contributed by atoms with van der Waals surface area (Å²) in [6.07, 6.45) is 7.30. The number of hydrogen-bond donors (Lipinski definition) is 2. The molecule has 1 heterocycles. The molecule has 0 fully saturated rings. The van der Waals surface area contributed by atoms with Crippen LogP contribution in [0.2, 0.25) is 0 Å². The monoisotopic (exact) mass is 234 g/mol. The summed E-state index contributed by atoms with van der Waals surface area (Å²) in [7, 11) is 0. The highest BCUT2D eigenvalue weighted by molar-refractivity contribution is 4.87. The molecule has 1 aromatic rings. The molecule has 0 aliphatic heterocycles. The summed E-state index contributed by atoms with van der Waals surface area (Å²) in [5.41, 5.74) is 0.209. The number of aromatic amines is 1. The zero-order valence-corrected chi connectivity index (χ0v) is 10.8. The van der Waals surface area contributed by atoms with Gasteiger partial charge in [0, 0.05) is 31.8 Å². The smallest absolute Gasteiger partial charge is 0.106 e. The van der Waals surface area contributed by atoms with Gasteiger partial charge < -0.3 is 10.3 Å². The van der Waals surface area contributed by atoms with Crippen molar-refractivity contribution < 1.29 is 0 Å². The van der Waals surface area contributed by atoms with Gasteiger partial charge in [-0.1, -0.05) is 13.8 Å². The maximum atomic E-state index is 8.56. The summed E-state index contributed by atoms with van der Waals surface area (Å²) in [6, 6.07) is 2.20. The number of rotatable bonds is 8. The van der Waals surface area contributed by atoms with Crippen LogP contribution in [0.4, 0.5) is 0 Å². The van der Waals surface area contributed by atoms with E-state index in [1.54, 1.807) is 6.20 Å². The summed E-state index contributed by atoms with van der Waals surface area (Å²) < 4.78 is 0. The molecule has 4 nitrogen and oxygen atoms in total. The molecule has 0 saturated heterocycles. The molecule has 0 aliphatic rings. The fraction of sp³-hybridized carbons (Fsp3) is 0.692. The van der Waals surface area contributed by atoms with E-state index in [0.29, 0.717) is 6.42 Å². The van der Waals surface area contributed by atoms with Gasteiger partial charge in [0.25, 0.3) is 0 Å². The fourth-order valence-electron chi connectivity index (χ4n) is 1.72. The molecule has 17 heavy (non-hydrogen) atoms. The molecule has 0 radical (unpaired) electrons. The Morgan fingerprint density at radius 2 is 2.35 bits per heavy atom. The number of imidazole rings is 1. The van der Waals surface area contributed by atoms with E-state index in [2.05, 4.69) is 35.2 Å². The first-order valence-corrected chi connectivity index (χ1v) is 6.20. The van der Waals surface area contributed by atoms with Gasteiger partial charge in [-0.25, -0.2) is 4.98 Å². The van der Waals surface area contributed by atoms with Crippen LogP contribution < -0.4 is 5.32 Å². The average Bonchev–Trinajstić information content (AvgIpc) is 2.79. The number of aromatic nitrogens is 2. The molecule has 4 heteroatoms. The van der Waals surface area contributed by atoms with Crippen LogP contribution in [0.3, 0.4) is 0 Å². The maximum absolute atomic E-state index is 8.56. The van der Waals surface area contributed by atoms with Crippen LogP contribution in [-0.4, -0.2) is 23.1 Å². The Morgan fingerprint density at radius 1 is 1.53 bits per heavy atom. The van der Waals surface area contributed by atoms with E-state index in [1.807, 2.05) is 6.20 Å². The molecule has 1 aromatic heterocycles. The van der Waals surface area contributed by atoms with Gasteiger partial charge in [0.2, 0.25) is 0 Å². The largest absolute Gasteiger partial charge is 0.349 e. The lowest BCUT2D eigenvalue weighted by Crippen LogP contribution is -2.30. The van der Waals surface area contributed by atoms with Gasteiger partial charge >= 0.3 is 0 Å². The predicted molar refractivity (Wildman–Crippen MR) is 68.4 cm³/mol. The molecule has 94 valence electrons. The molecule has 0 aromatic carbocycles. The molecule has 0 atom stereocenters. The van der Waals surface area contributed by atoms with E-state index in [-0.39, 0.29) is 5.41 Å². The van der Waals surface area contributed by atoms with Gasteiger partial charge in [-0.3, -0.25) is 0 Å². The van der Waals surface area contributed by atoms with Crippen molar-refractivity contribution in [1.82, 2.24) is 15.3 Å². The average molecular weight is 234 g/mol. The highest BCUT2D eigenvalue weighted by Crippen LogP contribution is 2.20. The molecule has 0 amide bonds. The lowest BCUT2D eigenvalue weighted by Gasteiger charge is -2.23. The second-order valence-corrected chi connectivity index (χ2v) is 5.14. The van der Waals surface area contributed by atoms with Gasteiger partial charge in [0.15, 0.2) is 0 Å². The SMILES string of the molecule is CC(C)(CCC#N)CNCCCc1ncc[nH]1. The van der Waals surface area contributed by atoms with Crippen LogP contribution in [0.15, 0.2) is 12.4 Å². The van der Waals surface area contributed by atoms with E-state index in [4.69, 9.17) is 5.26 Å². The number of nitriles is 1. The molecule has 1 rings (SSSR count). The number of nitrogens with one attached hydrogen (secondary N) is 2. The predicted octanol–water partition coefficient (Wildman–Crippen LogP) is 2.26. The van der Waals surface area contributed by atoms with Crippen molar-refractivity contribution in [2.75, 3.05) is 13.1 Å². The minimum absolute atomic E-state index is 0.209. The maximum Gasteiger partial charge on any atom is 0.106 e. The molecule has 0 saturated carbocycles. The highest BCUT2D eigenvalue weighted by Gasteiger charge is 2.16. The quantitative estimate of drug-likeness (QED) is 0.678. The summed E-state index contributed by atoms with van der Waals surface area (Å²) in [5, 5.41) is 12.0. The van der Waals surface area contributed by atoms with E-state index in [0.717, 1.165) is 38.2 Å². The third kappa shape index (κ3) is 6.08. The van der Waals surface area contributed by atoms with E-state index >= 15 is 0 Å². The molecular weight excluding hydrogens is 212 g/mol. The van der Waals surface area contributed by atoms with Gasteiger partial charge in [0.05, 0.1) is 6.07 Å². The minimum atomic E-state index is 0.209. The normalized spacial score (nSPS) is 11.4. The lowest BCUT2D eigenvalue weighted by atomic mass is 9.88. The zero-order valence-electron chi connectivity index (χ0n) is 10.8. The van der Waals surface area contributed by atoms with Gasteiger partial charge in [-0.2, -0.15) is 5.26 Å². The third-order valence-corrected chi connectivity index (χ3v) is 2.84. The van der Waals surface area contributed by atoms with Gasteiger partial charge in [-0.15, -0.1) is 0 Å². The molecule has 0 unspecified atom stereocenters. The first-order valence-electron chi connectivity index (χ1n) is 6.20. The Bertz CT molecular complexity index is 335. The molecule has 0 bridgehead atoms. The van der Waals surface area contributed by atoms with Crippen LogP contribution in [0.1, 0.15) is 38.9 Å². The van der Waals surface area contributed by atoms with Crippen molar-refractivity contribution in [3.63, 3.8) is 0 Å². The molecule has 0 spiro atoms. The summed E-state index contributed by atoms with van der Waals surface area (Å²) >= 11 is 0. The van der Waals surface area contributed by atoms with Crippen molar-refractivity contribution in [3.05, 3.63) is 18.2 Å². The van der Waals surface area contributed by atoms with Crippen molar-refractivity contribution in [2.45, 2.75) is 39.5 Å². The van der Waals surface area contributed by atoms with Crippen LogP contribution in [0.25, 0.3) is 0 Å². The first-order chi connectivity index (χ1) is 8.14.